The molecule has 2 nitrogen and oxygen atoms in total. The van der Waals surface area contributed by atoms with Gasteiger partial charge in [-0.2, -0.15) is 13.2 Å². The molecule has 1 aromatic carbocycles. The minimum atomic E-state index is -4.72. The highest BCUT2D eigenvalue weighted by atomic mass is 19.4. The van der Waals surface area contributed by atoms with E-state index in [9.17, 15) is 17.6 Å². The molecule has 1 saturated carbocycles. The zero-order valence-corrected chi connectivity index (χ0v) is 10.2. The molecule has 2 N–H and O–H groups in total. The molecular formula is C13H14F4N2. The van der Waals surface area contributed by atoms with Gasteiger partial charge in [-0.3, -0.25) is 0 Å². The molecule has 0 bridgehead atoms. The fourth-order valence-electron chi connectivity index (χ4n) is 2.26. The maximum absolute atomic E-state index is 13.1. The highest BCUT2D eigenvalue weighted by Gasteiger charge is 2.34. The van der Waals surface area contributed by atoms with Crippen LogP contribution in [0.15, 0.2) is 23.2 Å². The summed E-state index contributed by atoms with van der Waals surface area (Å²) in [6, 6.07) is 2.66. The number of alkyl halides is 3. The van der Waals surface area contributed by atoms with Crippen molar-refractivity contribution in [2.24, 2.45) is 16.6 Å². The summed E-state index contributed by atoms with van der Waals surface area (Å²) >= 11 is 0. The zero-order valence-electron chi connectivity index (χ0n) is 10.2. The van der Waals surface area contributed by atoms with Crippen LogP contribution in [0, 0.1) is 11.7 Å². The van der Waals surface area contributed by atoms with Crippen molar-refractivity contribution in [1.82, 2.24) is 0 Å². The molecule has 0 atom stereocenters. The van der Waals surface area contributed by atoms with Gasteiger partial charge in [-0.05, 0) is 31.0 Å². The molecule has 19 heavy (non-hydrogen) atoms. The minimum Gasteiger partial charge on any atom is -0.387 e. The van der Waals surface area contributed by atoms with Crippen LogP contribution >= 0.6 is 0 Å². The molecule has 0 amide bonds. The normalized spacial score (nSPS) is 18.0. The summed E-state index contributed by atoms with van der Waals surface area (Å²) in [6.07, 6.45) is -0.806. The lowest BCUT2D eigenvalue weighted by Crippen LogP contribution is -2.20. The lowest BCUT2D eigenvalue weighted by Gasteiger charge is -2.10. The van der Waals surface area contributed by atoms with Crippen LogP contribution in [0.4, 0.5) is 23.2 Å². The monoisotopic (exact) mass is 274 g/mol. The van der Waals surface area contributed by atoms with Gasteiger partial charge in [0, 0.05) is 5.92 Å². The summed E-state index contributed by atoms with van der Waals surface area (Å²) < 4.78 is 50.7. The number of hydrogen-bond acceptors (Lipinski definition) is 1. The highest BCUT2D eigenvalue weighted by Crippen LogP contribution is 2.34. The highest BCUT2D eigenvalue weighted by molar-refractivity contribution is 5.85. The SMILES string of the molecule is NC(=Nc1ccc(F)c(C(F)(F)F)c1)C1CCCC1. The van der Waals surface area contributed by atoms with Crippen molar-refractivity contribution in [2.75, 3.05) is 0 Å². The van der Waals surface area contributed by atoms with E-state index < -0.39 is 17.6 Å². The molecule has 0 aliphatic heterocycles. The first-order valence-electron chi connectivity index (χ1n) is 6.09. The second kappa shape index (κ2) is 5.19. The van der Waals surface area contributed by atoms with E-state index in [-0.39, 0.29) is 11.6 Å². The van der Waals surface area contributed by atoms with Gasteiger partial charge < -0.3 is 5.73 Å². The van der Waals surface area contributed by atoms with E-state index in [1.165, 1.54) is 6.07 Å². The van der Waals surface area contributed by atoms with E-state index in [2.05, 4.69) is 4.99 Å². The topological polar surface area (TPSA) is 38.4 Å². The van der Waals surface area contributed by atoms with E-state index in [4.69, 9.17) is 5.73 Å². The number of amidine groups is 1. The Morgan fingerprint density at radius 2 is 1.84 bits per heavy atom. The van der Waals surface area contributed by atoms with Gasteiger partial charge in [0.25, 0.3) is 0 Å². The van der Waals surface area contributed by atoms with Gasteiger partial charge in [0.2, 0.25) is 0 Å². The van der Waals surface area contributed by atoms with Gasteiger partial charge in [0.15, 0.2) is 0 Å². The van der Waals surface area contributed by atoms with Crippen LogP contribution in [-0.2, 0) is 6.18 Å². The fourth-order valence-corrected chi connectivity index (χ4v) is 2.26. The summed E-state index contributed by atoms with van der Waals surface area (Å²) in [7, 11) is 0. The summed E-state index contributed by atoms with van der Waals surface area (Å²) in [5.74, 6) is -0.845. The first kappa shape index (κ1) is 13.8. The lowest BCUT2D eigenvalue weighted by molar-refractivity contribution is -0.139. The Morgan fingerprint density at radius 3 is 2.42 bits per heavy atom. The van der Waals surface area contributed by atoms with Gasteiger partial charge in [-0.25, -0.2) is 9.38 Å². The summed E-state index contributed by atoms with van der Waals surface area (Å²) in [6.45, 7) is 0. The molecule has 0 saturated heterocycles. The molecule has 0 radical (unpaired) electrons. The molecule has 1 aliphatic rings. The molecule has 0 spiro atoms. The number of halogens is 4. The molecule has 2 rings (SSSR count). The van der Waals surface area contributed by atoms with Crippen LogP contribution in [0.2, 0.25) is 0 Å². The van der Waals surface area contributed by atoms with Crippen molar-refractivity contribution >= 4 is 11.5 Å². The average Bonchev–Trinajstić information content (AvgIpc) is 2.83. The van der Waals surface area contributed by atoms with Crippen LogP contribution in [0.25, 0.3) is 0 Å². The predicted octanol–water partition coefficient (Wildman–Crippen LogP) is 4.02. The fraction of sp³-hybridized carbons (Fsp3) is 0.462. The molecule has 104 valence electrons. The van der Waals surface area contributed by atoms with Crippen molar-refractivity contribution in [2.45, 2.75) is 31.9 Å². The standard InChI is InChI=1S/C13H14F4N2/c14-11-6-5-9(7-10(11)13(15,16)17)19-12(18)8-3-1-2-4-8/h5-8H,1-4H2,(H2,18,19). The van der Waals surface area contributed by atoms with E-state index in [0.717, 1.165) is 31.7 Å². The van der Waals surface area contributed by atoms with E-state index in [1.54, 1.807) is 0 Å². The second-order valence-corrected chi connectivity index (χ2v) is 4.68. The van der Waals surface area contributed by atoms with Crippen molar-refractivity contribution in [3.8, 4) is 0 Å². The molecule has 1 aromatic rings. The Morgan fingerprint density at radius 1 is 1.21 bits per heavy atom. The third kappa shape index (κ3) is 3.24. The van der Waals surface area contributed by atoms with Gasteiger partial charge in [-0.15, -0.1) is 0 Å². The van der Waals surface area contributed by atoms with Crippen LogP contribution in [0.3, 0.4) is 0 Å². The number of rotatable bonds is 2. The Kier molecular flexibility index (Phi) is 3.78. The first-order chi connectivity index (χ1) is 8.88. The van der Waals surface area contributed by atoms with E-state index >= 15 is 0 Å². The molecule has 0 heterocycles. The summed E-state index contributed by atoms with van der Waals surface area (Å²) in [4.78, 5) is 3.98. The molecule has 1 fully saturated rings. The molecule has 6 heteroatoms. The zero-order chi connectivity index (χ0) is 14.0. The number of hydrogen-bond donors (Lipinski definition) is 1. The van der Waals surface area contributed by atoms with E-state index in [1.807, 2.05) is 0 Å². The lowest BCUT2D eigenvalue weighted by atomic mass is 10.1. The quantitative estimate of drug-likeness (QED) is 0.493. The van der Waals surface area contributed by atoms with Gasteiger partial charge >= 0.3 is 6.18 Å². The van der Waals surface area contributed by atoms with Gasteiger partial charge in [0.05, 0.1) is 11.3 Å². The second-order valence-electron chi connectivity index (χ2n) is 4.68. The largest absolute Gasteiger partial charge is 0.419 e. The summed E-state index contributed by atoms with van der Waals surface area (Å²) in [5, 5.41) is 0. The predicted molar refractivity (Wildman–Crippen MR) is 64.6 cm³/mol. The van der Waals surface area contributed by atoms with Crippen molar-refractivity contribution in [3.05, 3.63) is 29.6 Å². The number of aliphatic imine (C=N–C) groups is 1. The first-order valence-corrected chi connectivity index (χ1v) is 6.09. The van der Waals surface area contributed by atoms with Crippen molar-refractivity contribution in [3.63, 3.8) is 0 Å². The van der Waals surface area contributed by atoms with Crippen LogP contribution in [0.5, 0.6) is 0 Å². The number of nitrogens with two attached hydrogens (primary N) is 1. The van der Waals surface area contributed by atoms with Crippen LogP contribution in [-0.4, -0.2) is 5.84 Å². The molecule has 1 aliphatic carbocycles. The maximum Gasteiger partial charge on any atom is 0.419 e. The van der Waals surface area contributed by atoms with Crippen LogP contribution in [0.1, 0.15) is 31.2 Å². The van der Waals surface area contributed by atoms with E-state index in [0.29, 0.717) is 11.9 Å². The Labute approximate surface area is 108 Å². The van der Waals surface area contributed by atoms with Crippen molar-refractivity contribution < 1.29 is 17.6 Å². The maximum atomic E-state index is 13.1. The summed E-state index contributed by atoms with van der Waals surface area (Å²) in [5.41, 5.74) is 4.51. The van der Waals surface area contributed by atoms with Gasteiger partial charge in [0.1, 0.15) is 11.7 Å². The Balaban J connectivity index is 2.28. The van der Waals surface area contributed by atoms with Crippen LogP contribution < -0.4 is 5.73 Å². The Hall–Kier alpha value is -1.59. The third-order valence-electron chi connectivity index (χ3n) is 3.29. The molecule has 0 unspecified atom stereocenters. The number of benzene rings is 1. The smallest absolute Gasteiger partial charge is 0.387 e. The third-order valence-corrected chi connectivity index (χ3v) is 3.29. The average molecular weight is 274 g/mol. The Bertz CT molecular complexity index is 488. The molecule has 0 aromatic heterocycles. The van der Waals surface area contributed by atoms with Crippen molar-refractivity contribution in [1.29, 1.82) is 0 Å². The molecular weight excluding hydrogens is 260 g/mol. The van der Waals surface area contributed by atoms with Gasteiger partial charge in [-0.1, -0.05) is 12.8 Å². The minimum absolute atomic E-state index is 0.0399. The number of nitrogens with zero attached hydrogens (tertiary/aromatic N) is 1.